The molecule has 0 amide bonds. The molecule has 1 fully saturated rings. The van der Waals surface area contributed by atoms with Crippen LogP contribution in [-0.2, 0) is 0 Å². The van der Waals surface area contributed by atoms with Crippen LogP contribution in [-0.4, -0.2) is 29.9 Å². The molecule has 1 saturated heterocycles. The summed E-state index contributed by atoms with van der Waals surface area (Å²) in [4.78, 5) is 2.62. The summed E-state index contributed by atoms with van der Waals surface area (Å²) >= 11 is 3.59. The Balaban J connectivity index is 2.31. The fourth-order valence-corrected chi connectivity index (χ4v) is 2.69. The molecule has 0 aromatic rings. The fourth-order valence-electron chi connectivity index (χ4n) is 2.03. The molecule has 0 spiro atoms. The number of hydrogen-bond acceptors (Lipinski definition) is 1. The van der Waals surface area contributed by atoms with Gasteiger partial charge in [0, 0.05) is 18.4 Å². The first-order valence-corrected chi connectivity index (χ1v) is 6.48. The first kappa shape index (κ1) is 11.5. The Labute approximate surface area is 91.0 Å². The van der Waals surface area contributed by atoms with Gasteiger partial charge in [0.2, 0.25) is 0 Å². The largest absolute Gasteiger partial charge is 0.302 e. The maximum atomic E-state index is 3.59. The van der Waals surface area contributed by atoms with Gasteiger partial charge in [-0.2, -0.15) is 0 Å². The molecule has 1 aliphatic heterocycles. The number of hydrogen-bond donors (Lipinski definition) is 0. The molecule has 0 N–H and O–H groups in total. The van der Waals surface area contributed by atoms with Crippen molar-refractivity contribution >= 4 is 15.9 Å². The van der Waals surface area contributed by atoms with E-state index in [-0.39, 0.29) is 0 Å². The highest BCUT2D eigenvalue weighted by atomic mass is 79.9. The Kier molecular flexibility index (Phi) is 4.24. The van der Waals surface area contributed by atoms with Gasteiger partial charge in [-0.05, 0) is 24.3 Å². The molecule has 2 heteroatoms. The summed E-state index contributed by atoms with van der Waals surface area (Å²) in [5.74, 6) is 0.842. The first-order chi connectivity index (χ1) is 6.07. The lowest BCUT2D eigenvalue weighted by Crippen LogP contribution is -2.29. The van der Waals surface area contributed by atoms with Gasteiger partial charge < -0.3 is 4.90 Å². The predicted octanol–water partition coefficient (Wildman–Crippen LogP) is 3.14. The molecule has 0 aromatic carbocycles. The van der Waals surface area contributed by atoms with Crippen LogP contribution in [0.1, 0.15) is 33.6 Å². The number of rotatable bonds is 4. The van der Waals surface area contributed by atoms with E-state index in [0.29, 0.717) is 5.41 Å². The van der Waals surface area contributed by atoms with Crippen LogP contribution in [0, 0.1) is 11.3 Å². The smallest absolute Gasteiger partial charge is 0.00717 e. The van der Waals surface area contributed by atoms with Gasteiger partial charge in [0.1, 0.15) is 0 Å². The lowest BCUT2D eigenvalue weighted by atomic mass is 9.93. The zero-order valence-corrected chi connectivity index (χ0v) is 10.7. The fraction of sp³-hybridized carbons (Fsp3) is 1.00. The summed E-state index contributed by atoms with van der Waals surface area (Å²) in [6.07, 6.45) is 2.66. The van der Waals surface area contributed by atoms with Gasteiger partial charge in [0.05, 0.1) is 0 Å². The Bertz CT molecular complexity index is 152. The van der Waals surface area contributed by atoms with Crippen molar-refractivity contribution in [1.82, 2.24) is 4.90 Å². The van der Waals surface area contributed by atoms with Crippen LogP contribution in [0.4, 0.5) is 0 Å². The van der Waals surface area contributed by atoms with Gasteiger partial charge >= 0.3 is 0 Å². The minimum atomic E-state index is 0.560. The molecular formula is C11H22BrN. The average Bonchev–Trinajstić information content (AvgIpc) is 2.41. The summed E-state index contributed by atoms with van der Waals surface area (Å²) in [6.45, 7) is 10.9. The van der Waals surface area contributed by atoms with Crippen molar-refractivity contribution < 1.29 is 0 Å². The minimum Gasteiger partial charge on any atom is -0.302 e. The summed E-state index contributed by atoms with van der Waals surface area (Å²) in [5, 5.41) is 1.15. The number of nitrogens with zero attached hydrogens (tertiary/aromatic N) is 1. The molecule has 0 saturated carbocycles. The normalized spacial score (nSPS) is 24.9. The van der Waals surface area contributed by atoms with E-state index < -0.39 is 0 Å². The van der Waals surface area contributed by atoms with Gasteiger partial charge in [-0.1, -0.05) is 43.1 Å². The lowest BCUT2D eigenvalue weighted by Gasteiger charge is -2.23. The van der Waals surface area contributed by atoms with Crippen LogP contribution in [0.5, 0.6) is 0 Å². The molecule has 1 heterocycles. The molecule has 1 nitrogen and oxygen atoms in total. The Morgan fingerprint density at radius 2 is 2.15 bits per heavy atom. The van der Waals surface area contributed by atoms with Gasteiger partial charge in [0.25, 0.3) is 0 Å². The zero-order valence-electron chi connectivity index (χ0n) is 9.15. The van der Waals surface area contributed by atoms with Crippen LogP contribution in [0.2, 0.25) is 0 Å². The van der Waals surface area contributed by atoms with Crippen molar-refractivity contribution in [2.75, 3.05) is 25.0 Å². The van der Waals surface area contributed by atoms with E-state index in [1.165, 1.54) is 32.5 Å². The molecular weight excluding hydrogens is 226 g/mol. The van der Waals surface area contributed by atoms with Crippen molar-refractivity contribution in [3.8, 4) is 0 Å². The van der Waals surface area contributed by atoms with Gasteiger partial charge in [-0.25, -0.2) is 0 Å². The van der Waals surface area contributed by atoms with E-state index in [0.717, 1.165) is 11.2 Å². The number of alkyl halides is 1. The van der Waals surface area contributed by atoms with Crippen LogP contribution in [0.25, 0.3) is 0 Å². The zero-order chi connectivity index (χ0) is 9.90. The van der Waals surface area contributed by atoms with E-state index >= 15 is 0 Å². The van der Waals surface area contributed by atoms with Gasteiger partial charge in [0.15, 0.2) is 0 Å². The molecule has 0 aromatic heterocycles. The summed E-state index contributed by atoms with van der Waals surface area (Å²) in [6, 6.07) is 0. The third-order valence-electron chi connectivity index (χ3n) is 3.07. The van der Waals surface area contributed by atoms with Crippen LogP contribution >= 0.6 is 15.9 Å². The van der Waals surface area contributed by atoms with E-state index in [9.17, 15) is 0 Å². The second kappa shape index (κ2) is 4.79. The SMILES string of the molecule is CCC(CBr)CN1CCC(C)(C)C1. The molecule has 1 aliphatic rings. The molecule has 13 heavy (non-hydrogen) atoms. The molecule has 1 unspecified atom stereocenters. The number of halogens is 1. The van der Waals surface area contributed by atoms with E-state index in [1.807, 2.05) is 0 Å². The summed E-state index contributed by atoms with van der Waals surface area (Å²) < 4.78 is 0. The summed E-state index contributed by atoms with van der Waals surface area (Å²) in [7, 11) is 0. The van der Waals surface area contributed by atoms with Crippen molar-refractivity contribution in [3.05, 3.63) is 0 Å². The van der Waals surface area contributed by atoms with Crippen molar-refractivity contribution in [3.63, 3.8) is 0 Å². The van der Waals surface area contributed by atoms with Crippen molar-refractivity contribution in [2.24, 2.45) is 11.3 Å². The maximum absolute atomic E-state index is 3.59. The molecule has 0 radical (unpaired) electrons. The van der Waals surface area contributed by atoms with Crippen molar-refractivity contribution in [1.29, 1.82) is 0 Å². The van der Waals surface area contributed by atoms with E-state index in [1.54, 1.807) is 0 Å². The van der Waals surface area contributed by atoms with Gasteiger partial charge in [-0.3, -0.25) is 0 Å². The molecule has 1 rings (SSSR count). The molecule has 78 valence electrons. The quantitative estimate of drug-likeness (QED) is 0.691. The van der Waals surface area contributed by atoms with Crippen LogP contribution in [0.15, 0.2) is 0 Å². The highest BCUT2D eigenvalue weighted by Crippen LogP contribution is 2.29. The summed E-state index contributed by atoms with van der Waals surface area (Å²) in [5.41, 5.74) is 0.560. The highest BCUT2D eigenvalue weighted by Gasteiger charge is 2.29. The lowest BCUT2D eigenvalue weighted by molar-refractivity contribution is 0.256. The van der Waals surface area contributed by atoms with Gasteiger partial charge in [-0.15, -0.1) is 0 Å². The second-order valence-electron chi connectivity index (χ2n) is 5.08. The standard InChI is InChI=1S/C11H22BrN/c1-4-10(7-12)8-13-6-5-11(2,3)9-13/h10H,4-9H2,1-3H3. The van der Waals surface area contributed by atoms with Crippen LogP contribution < -0.4 is 0 Å². The third kappa shape index (κ3) is 3.59. The Morgan fingerprint density at radius 1 is 1.46 bits per heavy atom. The van der Waals surface area contributed by atoms with Crippen LogP contribution in [0.3, 0.4) is 0 Å². The average molecular weight is 248 g/mol. The Hall–Kier alpha value is 0.440. The van der Waals surface area contributed by atoms with E-state index in [2.05, 4.69) is 41.6 Å². The minimum absolute atomic E-state index is 0.560. The third-order valence-corrected chi connectivity index (χ3v) is 3.98. The molecule has 0 aliphatic carbocycles. The highest BCUT2D eigenvalue weighted by molar-refractivity contribution is 9.09. The molecule has 1 atom stereocenters. The first-order valence-electron chi connectivity index (χ1n) is 5.35. The van der Waals surface area contributed by atoms with E-state index in [4.69, 9.17) is 0 Å². The Morgan fingerprint density at radius 3 is 2.54 bits per heavy atom. The maximum Gasteiger partial charge on any atom is 0.00717 e. The predicted molar refractivity (Wildman–Crippen MR) is 62.4 cm³/mol. The number of likely N-dealkylation sites (tertiary alicyclic amines) is 1. The monoisotopic (exact) mass is 247 g/mol. The van der Waals surface area contributed by atoms with Crippen molar-refractivity contribution in [2.45, 2.75) is 33.6 Å². The topological polar surface area (TPSA) is 3.24 Å². The second-order valence-corrected chi connectivity index (χ2v) is 5.73. The molecule has 0 bridgehead atoms.